The second-order valence-corrected chi connectivity index (χ2v) is 5.43. The third kappa shape index (κ3) is 2.31. The maximum absolute atomic E-state index is 6.04. The molecule has 5 heteroatoms. The van der Waals surface area contributed by atoms with Crippen LogP contribution in [-0.4, -0.2) is 17.1 Å². The number of hydrogen-bond acceptors (Lipinski definition) is 5. The van der Waals surface area contributed by atoms with E-state index in [0.717, 1.165) is 33.9 Å². The van der Waals surface area contributed by atoms with Crippen molar-refractivity contribution in [2.75, 3.05) is 12.8 Å². The maximum atomic E-state index is 6.04. The molecule has 2 N–H and O–H groups in total. The van der Waals surface area contributed by atoms with Gasteiger partial charge in [0.05, 0.1) is 12.3 Å². The fourth-order valence-corrected chi connectivity index (χ4v) is 3.27. The first-order chi connectivity index (χ1) is 9.29. The van der Waals surface area contributed by atoms with Crippen LogP contribution in [0.4, 0.5) is 5.82 Å². The molecular weight excluding hydrogens is 258 g/mol. The third-order valence-electron chi connectivity index (χ3n) is 3.17. The number of anilines is 1. The Labute approximate surface area is 116 Å². The zero-order chi connectivity index (χ0) is 13.2. The molecule has 2 heterocycles. The number of aromatic nitrogens is 2. The fraction of sp³-hybridized carbons (Fsp3) is 0.286. The summed E-state index contributed by atoms with van der Waals surface area (Å²) in [7, 11) is 1.69. The van der Waals surface area contributed by atoms with Crippen molar-refractivity contribution in [3.8, 4) is 11.4 Å². The largest absolute Gasteiger partial charge is 0.383 e. The summed E-state index contributed by atoms with van der Waals surface area (Å²) in [6.45, 7) is 0.547. The molecular formula is C14H15N3OS. The summed E-state index contributed by atoms with van der Waals surface area (Å²) in [6.07, 6.45) is 0. The van der Waals surface area contributed by atoms with Gasteiger partial charge in [-0.2, -0.15) is 11.8 Å². The molecule has 0 saturated carbocycles. The first kappa shape index (κ1) is 12.4. The van der Waals surface area contributed by atoms with Gasteiger partial charge in [-0.15, -0.1) is 0 Å². The van der Waals surface area contributed by atoms with Crippen molar-refractivity contribution >= 4 is 17.6 Å². The van der Waals surface area contributed by atoms with Gasteiger partial charge in [-0.3, -0.25) is 0 Å². The van der Waals surface area contributed by atoms with Gasteiger partial charge in [0, 0.05) is 29.7 Å². The predicted octanol–water partition coefficient (Wildman–Crippen LogP) is 2.62. The quantitative estimate of drug-likeness (QED) is 0.931. The van der Waals surface area contributed by atoms with Crippen LogP contribution < -0.4 is 5.73 Å². The average molecular weight is 273 g/mol. The first-order valence-electron chi connectivity index (χ1n) is 6.10. The van der Waals surface area contributed by atoms with Crippen molar-refractivity contribution in [3.05, 3.63) is 41.1 Å². The molecule has 0 aliphatic carbocycles. The van der Waals surface area contributed by atoms with Crippen LogP contribution in [0.25, 0.3) is 11.4 Å². The second kappa shape index (κ2) is 5.19. The minimum atomic E-state index is 0.547. The Morgan fingerprint density at radius 1 is 1.26 bits per heavy atom. The number of rotatable bonds is 3. The summed E-state index contributed by atoms with van der Waals surface area (Å²) in [5, 5.41) is 0. The number of nitrogens with zero attached hydrogens (tertiary/aromatic N) is 2. The molecule has 98 valence electrons. The zero-order valence-electron chi connectivity index (χ0n) is 10.7. The fourth-order valence-electron chi connectivity index (χ4n) is 2.22. The van der Waals surface area contributed by atoms with E-state index in [1.807, 2.05) is 36.0 Å². The van der Waals surface area contributed by atoms with Crippen molar-refractivity contribution in [2.24, 2.45) is 0 Å². The molecule has 1 aromatic heterocycles. The van der Waals surface area contributed by atoms with Gasteiger partial charge >= 0.3 is 0 Å². The Balaban J connectivity index is 2.10. The molecule has 0 saturated heterocycles. The molecule has 4 nitrogen and oxygen atoms in total. The Morgan fingerprint density at radius 3 is 2.95 bits per heavy atom. The summed E-state index contributed by atoms with van der Waals surface area (Å²) in [5.74, 6) is 3.14. The van der Waals surface area contributed by atoms with Crippen LogP contribution in [0.2, 0.25) is 0 Å². The van der Waals surface area contributed by atoms with Crippen molar-refractivity contribution < 1.29 is 4.74 Å². The lowest BCUT2D eigenvalue weighted by Crippen LogP contribution is -2.04. The third-order valence-corrected chi connectivity index (χ3v) is 4.14. The number of hydrogen-bond donors (Lipinski definition) is 1. The molecule has 1 aromatic carbocycles. The monoisotopic (exact) mass is 273 g/mol. The molecule has 1 aliphatic rings. The highest BCUT2D eigenvalue weighted by Crippen LogP contribution is 2.33. The summed E-state index contributed by atoms with van der Waals surface area (Å²) in [5.41, 5.74) is 10.3. The second-order valence-electron chi connectivity index (χ2n) is 4.44. The van der Waals surface area contributed by atoms with Crippen molar-refractivity contribution in [2.45, 2.75) is 18.1 Å². The average Bonchev–Trinajstić information content (AvgIpc) is 2.88. The topological polar surface area (TPSA) is 61.0 Å². The minimum Gasteiger partial charge on any atom is -0.383 e. The van der Waals surface area contributed by atoms with Crippen LogP contribution in [0.15, 0.2) is 24.3 Å². The smallest absolute Gasteiger partial charge is 0.162 e. The van der Waals surface area contributed by atoms with E-state index in [2.05, 4.69) is 9.97 Å². The molecule has 0 amide bonds. The van der Waals surface area contributed by atoms with Crippen LogP contribution in [0.3, 0.4) is 0 Å². The highest BCUT2D eigenvalue weighted by molar-refractivity contribution is 7.98. The van der Waals surface area contributed by atoms with E-state index in [9.17, 15) is 0 Å². The highest BCUT2D eigenvalue weighted by atomic mass is 32.2. The molecule has 3 rings (SSSR count). The van der Waals surface area contributed by atoms with Gasteiger partial charge in [-0.1, -0.05) is 24.3 Å². The Hall–Kier alpha value is -1.59. The van der Waals surface area contributed by atoms with Crippen molar-refractivity contribution in [3.63, 3.8) is 0 Å². The van der Waals surface area contributed by atoms with Gasteiger partial charge < -0.3 is 10.5 Å². The van der Waals surface area contributed by atoms with Gasteiger partial charge in [0.1, 0.15) is 5.82 Å². The lowest BCUT2D eigenvalue weighted by molar-refractivity contribution is 0.185. The number of benzene rings is 1. The standard InChI is InChI=1S/C14H15N3OS/c1-18-6-9-4-2-3-5-10(9)14-16-12-8-19-7-11(12)13(15)17-14/h2-5H,6-8H2,1H3,(H2,15,16,17). The SMILES string of the molecule is COCc1ccccc1-c1nc(N)c2c(n1)CSC2. The summed E-state index contributed by atoms with van der Waals surface area (Å²) in [4.78, 5) is 9.12. The van der Waals surface area contributed by atoms with E-state index < -0.39 is 0 Å². The number of ether oxygens (including phenoxy) is 1. The van der Waals surface area contributed by atoms with Gasteiger partial charge in [0.2, 0.25) is 0 Å². The molecule has 0 fully saturated rings. The Kier molecular flexibility index (Phi) is 3.40. The molecule has 1 aliphatic heterocycles. The van der Waals surface area contributed by atoms with Crippen molar-refractivity contribution in [1.82, 2.24) is 9.97 Å². The summed E-state index contributed by atoms with van der Waals surface area (Å²) < 4.78 is 5.22. The molecule has 2 aromatic rings. The van der Waals surface area contributed by atoms with Crippen LogP contribution in [-0.2, 0) is 22.8 Å². The van der Waals surface area contributed by atoms with Crippen LogP contribution in [0.5, 0.6) is 0 Å². The van der Waals surface area contributed by atoms with Gasteiger partial charge in [0.25, 0.3) is 0 Å². The molecule has 0 unspecified atom stereocenters. The van der Waals surface area contributed by atoms with Gasteiger partial charge in [-0.25, -0.2) is 9.97 Å². The summed E-state index contributed by atoms with van der Waals surface area (Å²) in [6, 6.07) is 8.01. The molecule has 0 bridgehead atoms. The van der Waals surface area contributed by atoms with Crippen LogP contribution >= 0.6 is 11.8 Å². The molecule has 0 spiro atoms. The number of nitrogens with two attached hydrogens (primary N) is 1. The zero-order valence-corrected chi connectivity index (χ0v) is 11.5. The number of methoxy groups -OCH3 is 1. The number of fused-ring (bicyclic) bond motifs is 1. The van der Waals surface area contributed by atoms with Gasteiger partial charge in [0.15, 0.2) is 5.82 Å². The molecule has 0 radical (unpaired) electrons. The summed E-state index contributed by atoms with van der Waals surface area (Å²) >= 11 is 1.83. The number of thioether (sulfide) groups is 1. The van der Waals surface area contributed by atoms with E-state index in [1.165, 1.54) is 0 Å². The lowest BCUT2D eigenvalue weighted by Gasteiger charge is -2.10. The van der Waals surface area contributed by atoms with E-state index in [-0.39, 0.29) is 0 Å². The lowest BCUT2D eigenvalue weighted by atomic mass is 10.1. The van der Waals surface area contributed by atoms with Gasteiger partial charge in [-0.05, 0) is 5.56 Å². The molecule has 0 atom stereocenters. The number of nitrogen functional groups attached to an aromatic ring is 1. The Morgan fingerprint density at radius 2 is 2.11 bits per heavy atom. The van der Waals surface area contributed by atoms with E-state index in [4.69, 9.17) is 10.5 Å². The Bertz CT molecular complexity index is 616. The van der Waals surface area contributed by atoms with Crippen molar-refractivity contribution in [1.29, 1.82) is 0 Å². The van der Waals surface area contributed by atoms with Crippen LogP contribution in [0, 0.1) is 0 Å². The van der Waals surface area contributed by atoms with E-state index >= 15 is 0 Å². The molecule has 19 heavy (non-hydrogen) atoms. The minimum absolute atomic E-state index is 0.547. The van der Waals surface area contributed by atoms with E-state index in [0.29, 0.717) is 18.2 Å². The van der Waals surface area contributed by atoms with Crippen LogP contribution in [0.1, 0.15) is 16.8 Å². The maximum Gasteiger partial charge on any atom is 0.162 e. The highest BCUT2D eigenvalue weighted by Gasteiger charge is 2.19. The predicted molar refractivity (Wildman–Crippen MR) is 77.6 cm³/mol. The normalized spacial score (nSPS) is 13.5. The van der Waals surface area contributed by atoms with E-state index in [1.54, 1.807) is 7.11 Å². The first-order valence-corrected chi connectivity index (χ1v) is 7.25.